The van der Waals surface area contributed by atoms with Gasteiger partial charge < -0.3 is 11.1 Å². The molecule has 0 unspecified atom stereocenters. The second-order valence-electron chi connectivity index (χ2n) is 3.90. The van der Waals surface area contributed by atoms with Gasteiger partial charge in [-0.1, -0.05) is 6.07 Å². The smallest absolute Gasteiger partial charge is 0.274 e. The minimum atomic E-state index is -0.255. The van der Waals surface area contributed by atoms with E-state index in [0.717, 1.165) is 11.1 Å². The van der Waals surface area contributed by atoms with Gasteiger partial charge >= 0.3 is 0 Å². The Hall–Kier alpha value is -2.27. The van der Waals surface area contributed by atoms with Crippen molar-refractivity contribution < 1.29 is 4.79 Å². The molecule has 0 saturated heterocycles. The second-order valence-corrected chi connectivity index (χ2v) is 3.90. The molecular formula is C13H14N4O. The fourth-order valence-corrected chi connectivity index (χ4v) is 1.46. The standard InChI is InChI=1S/C13H14N4O/c1-9-4-5-15-8-12(9)17-13(18)11-3-2-10(6-14)7-16-11/h2-5,7-8H,6,14H2,1H3,(H,17,18). The maximum absolute atomic E-state index is 11.9. The van der Waals surface area contributed by atoms with E-state index in [0.29, 0.717) is 17.9 Å². The van der Waals surface area contributed by atoms with Crippen molar-refractivity contribution in [3.8, 4) is 0 Å². The van der Waals surface area contributed by atoms with Crippen molar-refractivity contribution in [3.63, 3.8) is 0 Å². The van der Waals surface area contributed by atoms with Crippen LogP contribution in [-0.4, -0.2) is 15.9 Å². The van der Waals surface area contributed by atoms with Crippen LogP contribution >= 0.6 is 0 Å². The molecule has 5 heteroatoms. The Bertz CT molecular complexity index is 551. The molecule has 0 radical (unpaired) electrons. The molecule has 0 aliphatic carbocycles. The summed E-state index contributed by atoms with van der Waals surface area (Å²) < 4.78 is 0. The fourth-order valence-electron chi connectivity index (χ4n) is 1.46. The van der Waals surface area contributed by atoms with Crippen molar-refractivity contribution in [3.05, 3.63) is 53.6 Å². The van der Waals surface area contributed by atoms with E-state index in [4.69, 9.17) is 5.73 Å². The van der Waals surface area contributed by atoms with Crippen molar-refractivity contribution in [1.82, 2.24) is 9.97 Å². The quantitative estimate of drug-likeness (QED) is 0.854. The Labute approximate surface area is 105 Å². The maximum atomic E-state index is 11.9. The summed E-state index contributed by atoms with van der Waals surface area (Å²) in [5.74, 6) is -0.255. The van der Waals surface area contributed by atoms with Gasteiger partial charge in [-0.2, -0.15) is 0 Å². The Morgan fingerprint density at radius 1 is 1.33 bits per heavy atom. The molecule has 0 saturated carbocycles. The molecule has 1 amide bonds. The molecule has 0 fully saturated rings. The molecular weight excluding hydrogens is 228 g/mol. The largest absolute Gasteiger partial charge is 0.326 e. The van der Waals surface area contributed by atoms with Crippen molar-refractivity contribution in [1.29, 1.82) is 0 Å². The Morgan fingerprint density at radius 2 is 2.17 bits per heavy atom. The highest BCUT2D eigenvalue weighted by Gasteiger charge is 2.08. The predicted octanol–water partition coefficient (Wildman–Crippen LogP) is 1.50. The minimum absolute atomic E-state index is 0.255. The number of pyridine rings is 2. The molecule has 0 spiro atoms. The summed E-state index contributed by atoms with van der Waals surface area (Å²) in [5, 5.41) is 2.77. The van der Waals surface area contributed by atoms with Gasteiger partial charge in [0.15, 0.2) is 0 Å². The van der Waals surface area contributed by atoms with Gasteiger partial charge in [0.2, 0.25) is 0 Å². The lowest BCUT2D eigenvalue weighted by Gasteiger charge is -2.07. The van der Waals surface area contributed by atoms with E-state index in [2.05, 4.69) is 15.3 Å². The van der Waals surface area contributed by atoms with Gasteiger partial charge in [0.25, 0.3) is 5.91 Å². The summed E-state index contributed by atoms with van der Waals surface area (Å²) in [5.41, 5.74) is 8.36. The van der Waals surface area contributed by atoms with Crippen LogP contribution in [0.5, 0.6) is 0 Å². The van der Waals surface area contributed by atoms with Crippen LogP contribution < -0.4 is 11.1 Å². The molecule has 2 rings (SSSR count). The van der Waals surface area contributed by atoms with Gasteiger partial charge in [-0.15, -0.1) is 0 Å². The number of hydrogen-bond donors (Lipinski definition) is 2. The molecule has 2 aromatic heterocycles. The highest BCUT2D eigenvalue weighted by atomic mass is 16.1. The van der Waals surface area contributed by atoms with Gasteiger partial charge in [0.05, 0.1) is 11.9 Å². The zero-order valence-corrected chi connectivity index (χ0v) is 10.1. The van der Waals surface area contributed by atoms with E-state index in [1.165, 1.54) is 0 Å². The fraction of sp³-hybridized carbons (Fsp3) is 0.154. The number of hydrogen-bond acceptors (Lipinski definition) is 4. The zero-order chi connectivity index (χ0) is 13.0. The molecule has 0 aliphatic heterocycles. The number of nitrogens with zero attached hydrogens (tertiary/aromatic N) is 2. The predicted molar refractivity (Wildman–Crippen MR) is 69.1 cm³/mol. The molecule has 2 aromatic rings. The van der Waals surface area contributed by atoms with Crippen LogP contribution in [0, 0.1) is 6.92 Å². The monoisotopic (exact) mass is 242 g/mol. The Kier molecular flexibility index (Phi) is 3.64. The molecule has 0 atom stereocenters. The first-order valence-electron chi connectivity index (χ1n) is 5.57. The van der Waals surface area contributed by atoms with E-state index in [1.54, 1.807) is 30.7 Å². The Balaban J connectivity index is 2.14. The van der Waals surface area contributed by atoms with Crippen LogP contribution in [0.1, 0.15) is 21.6 Å². The molecule has 92 valence electrons. The molecule has 0 aliphatic rings. The summed E-state index contributed by atoms with van der Waals surface area (Å²) in [6.07, 6.45) is 4.89. The number of anilines is 1. The molecule has 5 nitrogen and oxygen atoms in total. The van der Waals surface area contributed by atoms with Crippen LogP contribution in [0.25, 0.3) is 0 Å². The van der Waals surface area contributed by atoms with Gasteiger partial charge in [-0.05, 0) is 30.2 Å². The van der Waals surface area contributed by atoms with Crippen molar-refractivity contribution >= 4 is 11.6 Å². The average molecular weight is 242 g/mol. The number of rotatable bonds is 3. The first kappa shape index (κ1) is 12.2. The zero-order valence-electron chi connectivity index (χ0n) is 10.1. The number of amides is 1. The number of aromatic nitrogens is 2. The lowest BCUT2D eigenvalue weighted by Crippen LogP contribution is -2.14. The number of aryl methyl sites for hydroxylation is 1. The third-order valence-corrected chi connectivity index (χ3v) is 2.58. The highest BCUT2D eigenvalue weighted by molar-refractivity contribution is 6.03. The topological polar surface area (TPSA) is 80.9 Å². The second kappa shape index (κ2) is 5.37. The van der Waals surface area contributed by atoms with Gasteiger partial charge in [0.1, 0.15) is 5.69 Å². The number of carbonyl (C=O) groups is 1. The lowest BCUT2D eigenvalue weighted by atomic mass is 10.2. The molecule has 0 aromatic carbocycles. The number of carbonyl (C=O) groups excluding carboxylic acids is 1. The highest BCUT2D eigenvalue weighted by Crippen LogP contribution is 2.12. The van der Waals surface area contributed by atoms with Gasteiger partial charge in [0, 0.05) is 18.9 Å². The van der Waals surface area contributed by atoms with Crippen LogP contribution in [0.4, 0.5) is 5.69 Å². The van der Waals surface area contributed by atoms with Crippen LogP contribution in [-0.2, 0) is 6.54 Å². The van der Waals surface area contributed by atoms with E-state index in [-0.39, 0.29) is 5.91 Å². The number of nitrogens with one attached hydrogen (secondary N) is 1. The normalized spacial score (nSPS) is 10.1. The SMILES string of the molecule is Cc1ccncc1NC(=O)c1ccc(CN)cn1. The maximum Gasteiger partial charge on any atom is 0.274 e. The van der Waals surface area contributed by atoms with Gasteiger partial charge in [-0.25, -0.2) is 0 Å². The van der Waals surface area contributed by atoms with Gasteiger partial charge in [-0.3, -0.25) is 14.8 Å². The minimum Gasteiger partial charge on any atom is -0.326 e. The van der Waals surface area contributed by atoms with E-state index in [1.807, 2.05) is 13.0 Å². The van der Waals surface area contributed by atoms with Crippen molar-refractivity contribution in [2.75, 3.05) is 5.32 Å². The summed E-state index contributed by atoms with van der Waals surface area (Å²) >= 11 is 0. The first-order chi connectivity index (χ1) is 8.70. The van der Waals surface area contributed by atoms with E-state index >= 15 is 0 Å². The summed E-state index contributed by atoms with van der Waals surface area (Å²) in [7, 11) is 0. The first-order valence-corrected chi connectivity index (χ1v) is 5.57. The van der Waals surface area contributed by atoms with E-state index in [9.17, 15) is 4.79 Å². The summed E-state index contributed by atoms with van der Waals surface area (Å²) in [4.78, 5) is 20.0. The lowest BCUT2D eigenvalue weighted by molar-refractivity contribution is 0.102. The van der Waals surface area contributed by atoms with Crippen LogP contribution in [0.3, 0.4) is 0 Å². The molecule has 0 bridgehead atoms. The molecule has 18 heavy (non-hydrogen) atoms. The third-order valence-electron chi connectivity index (χ3n) is 2.58. The van der Waals surface area contributed by atoms with Crippen LogP contribution in [0.2, 0.25) is 0 Å². The third kappa shape index (κ3) is 2.70. The Morgan fingerprint density at radius 3 is 2.78 bits per heavy atom. The summed E-state index contributed by atoms with van der Waals surface area (Å²) in [6, 6.07) is 5.28. The van der Waals surface area contributed by atoms with E-state index < -0.39 is 0 Å². The number of nitrogens with two attached hydrogens (primary N) is 1. The average Bonchev–Trinajstić information content (AvgIpc) is 2.41. The summed E-state index contributed by atoms with van der Waals surface area (Å²) in [6.45, 7) is 2.32. The van der Waals surface area contributed by atoms with Crippen molar-refractivity contribution in [2.45, 2.75) is 13.5 Å². The van der Waals surface area contributed by atoms with Crippen molar-refractivity contribution in [2.24, 2.45) is 5.73 Å². The van der Waals surface area contributed by atoms with Crippen LogP contribution in [0.15, 0.2) is 36.8 Å². The molecule has 3 N–H and O–H groups in total. The molecule has 2 heterocycles.